The quantitative estimate of drug-likeness (QED) is 0.446. The highest BCUT2D eigenvalue weighted by Crippen LogP contribution is 2.25. The smallest absolute Gasteiger partial charge is 0.244 e. The van der Waals surface area contributed by atoms with E-state index in [1.54, 1.807) is 25.1 Å². The van der Waals surface area contributed by atoms with Crippen molar-refractivity contribution >= 4 is 50.7 Å². The average Bonchev–Trinajstić information content (AvgIpc) is 2.78. The number of rotatable bonds is 11. The van der Waals surface area contributed by atoms with Crippen molar-refractivity contribution in [2.75, 3.05) is 17.1 Å². The molecule has 0 bridgehead atoms. The molecule has 35 heavy (non-hydrogen) atoms. The molecule has 0 saturated carbocycles. The summed E-state index contributed by atoms with van der Waals surface area (Å²) in [5.74, 6) is -1.63. The van der Waals surface area contributed by atoms with Gasteiger partial charge in [-0.05, 0) is 55.7 Å². The monoisotopic (exact) mass is 545 g/mol. The minimum atomic E-state index is -3.94. The maximum Gasteiger partial charge on any atom is 0.244 e. The van der Waals surface area contributed by atoms with Crippen molar-refractivity contribution in [2.45, 2.75) is 52.2 Å². The van der Waals surface area contributed by atoms with Gasteiger partial charge in [-0.15, -0.1) is 0 Å². The molecule has 2 atom stereocenters. The Hall–Kier alpha value is -2.36. The molecule has 2 aromatic carbocycles. The van der Waals surface area contributed by atoms with Crippen LogP contribution in [-0.2, 0) is 26.2 Å². The van der Waals surface area contributed by atoms with Crippen molar-refractivity contribution in [1.29, 1.82) is 0 Å². The van der Waals surface area contributed by atoms with Crippen LogP contribution in [0.4, 0.5) is 10.1 Å². The maximum atomic E-state index is 13.8. The zero-order chi connectivity index (χ0) is 26.3. The van der Waals surface area contributed by atoms with Crippen molar-refractivity contribution in [2.24, 2.45) is 0 Å². The van der Waals surface area contributed by atoms with Gasteiger partial charge in [0.15, 0.2) is 0 Å². The molecule has 0 aliphatic rings. The molecule has 11 heteroatoms. The first-order valence-corrected chi connectivity index (χ1v) is 13.7. The molecular weight excluding hydrogens is 516 g/mol. The van der Waals surface area contributed by atoms with Crippen LogP contribution in [0.15, 0.2) is 42.5 Å². The lowest BCUT2D eigenvalue weighted by molar-refractivity contribution is -0.140. The van der Waals surface area contributed by atoms with Crippen molar-refractivity contribution in [1.82, 2.24) is 10.2 Å². The summed E-state index contributed by atoms with van der Waals surface area (Å²) in [6, 6.07) is 8.82. The summed E-state index contributed by atoms with van der Waals surface area (Å²) in [6.07, 6.45) is 1.92. The zero-order valence-corrected chi connectivity index (χ0v) is 22.4. The van der Waals surface area contributed by atoms with Gasteiger partial charge in [-0.25, -0.2) is 12.8 Å². The second-order valence-corrected chi connectivity index (χ2v) is 11.0. The third-order valence-electron chi connectivity index (χ3n) is 5.50. The Bertz CT molecular complexity index is 1160. The lowest BCUT2D eigenvalue weighted by Gasteiger charge is -2.33. The first-order chi connectivity index (χ1) is 16.4. The van der Waals surface area contributed by atoms with Crippen LogP contribution in [0.25, 0.3) is 0 Å². The Morgan fingerprint density at radius 3 is 2.29 bits per heavy atom. The number of amides is 2. The molecule has 0 unspecified atom stereocenters. The summed E-state index contributed by atoms with van der Waals surface area (Å²) in [7, 11) is -3.94. The minimum absolute atomic E-state index is 0.00689. The van der Waals surface area contributed by atoms with Crippen molar-refractivity contribution < 1.29 is 22.4 Å². The van der Waals surface area contributed by atoms with E-state index in [4.69, 9.17) is 23.2 Å². The van der Waals surface area contributed by atoms with Crippen LogP contribution in [0.5, 0.6) is 0 Å². The third kappa shape index (κ3) is 8.08. The molecule has 0 spiro atoms. The van der Waals surface area contributed by atoms with Gasteiger partial charge in [0, 0.05) is 12.6 Å². The molecule has 7 nitrogen and oxygen atoms in total. The van der Waals surface area contributed by atoms with Gasteiger partial charge in [0.05, 0.1) is 22.0 Å². The van der Waals surface area contributed by atoms with Gasteiger partial charge in [-0.3, -0.25) is 13.9 Å². The highest BCUT2D eigenvalue weighted by Gasteiger charge is 2.32. The van der Waals surface area contributed by atoms with E-state index in [1.165, 1.54) is 23.1 Å². The molecule has 0 aromatic heterocycles. The number of nitrogens with zero attached hydrogens (tertiary/aromatic N) is 2. The van der Waals surface area contributed by atoms with Crippen molar-refractivity contribution in [3.05, 3.63) is 63.9 Å². The largest absolute Gasteiger partial charge is 0.352 e. The SMILES string of the molecule is CC[C@H](C)NC(=O)[C@H](CC)N(Cc1ccc(Cl)c(Cl)c1)C(=O)CN(c1cccc(F)c1)S(C)(=O)=O. The molecule has 1 N–H and O–H groups in total. The third-order valence-corrected chi connectivity index (χ3v) is 7.38. The first-order valence-electron chi connectivity index (χ1n) is 11.1. The number of hydrogen-bond acceptors (Lipinski definition) is 4. The summed E-state index contributed by atoms with van der Waals surface area (Å²) in [6.45, 7) is 4.91. The molecule has 2 aromatic rings. The normalized spacial score (nSPS) is 13.1. The molecule has 2 amide bonds. The van der Waals surface area contributed by atoms with Crippen LogP contribution in [0.2, 0.25) is 10.0 Å². The van der Waals surface area contributed by atoms with E-state index in [1.807, 2.05) is 13.8 Å². The predicted molar refractivity (Wildman–Crippen MR) is 138 cm³/mol. The molecule has 0 heterocycles. The van der Waals surface area contributed by atoms with E-state index in [2.05, 4.69) is 5.32 Å². The Labute approximate surface area is 216 Å². The number of nitrogens with one attached hydrogen (secondary N) is 1. The molecule has 192 valence electrons. The number of anilines is 1. The summed E-state index contributed by atoms with van der Waals surface area (Å²) < 4.78 is 39.7. The number of carbonyl (C=O) groups is 2. The van der Waals surface area contributed by atoms with E-state index in [-0.39, 0.29) is 35.6 Å². The van der Waals surface area contributed by atoms with Crippen LogP contribution >= 0.6 is 23.2 Å². The second-order valence-electron chi connectivity index (χ2n) is 8.26. The maximum absolute atomic E-state index is 13.8. The molecule has 0 fully saturated rings. The highest BCUT2D eigenvalue weighted by atomic mass is 35.5. The molecule has 0 aliphatic heterocycles. The molecule has 0 radical (unpaired) electrons. The number of carbonyl (C=O) groups excluding carboxylic acids is 2. The van der Waals surface area contributed by atoms with Gasteiger partial charge in [0.25, 0.3) is 0 Å². The fourth-order valence-electron chi connectivity index (χ4n) is 3.44. The summed E-state index contributed by atoms with van der Waals surface area (Å²) >= 11 is 12.2. The summed E-state index contributed by atoms with van der Waals surface area (Å²) in [5, 5.41) is 3.50. The van der Waals surface area contributed by atoms with E-state index in [9.17, 15) is 22.4 Å². The zero-order valence-electron chi connectivity index (χ0n) is 20.1. The van der Waals surface area contributed by atoms with E-state index < -0.39 is 34.3 Å². The average molecular weight is 546 g/mol. The molecule has 0 saturated heterocycles. The van der Waals surface area contributed by atoms with Gasteiger partial charge in [0.2, 0.25) is 21.8 Å². The highest BCUT2D eigenvalue weighted by molar-refractivity contribution is 7.92. The second kappa shape index (κ2) is 12.6. The van der Waals surface area contributed by atoms with E-state index in [0.717, 1.165) is 16.6 Å². The Morgan fingerprint density at radius 2 is 1.74 bits per heavy atom. The van der Waals surface area contributed by atoms with Crippen molar-refractivity contribution in [3.8, 4) is 0 Å². The van der Waals surface area contributed by atoms with Gasteiger partial charge >= 0.3 is 0 Å². The Morgan fingerprint density at radius 1 is 1.06 bits per heavy atom. The van der Waals surface area contributed by atoms with Crippen LogP contribution in [-0.4, -0.2) is 50.0 Å². The number of sulfonamides is 1. The van der Waals surface area contributed by atoms with Gasteiger partial charge in [0.1, 0.15) is 18.4 Å². The van der Waals surface area contributed by atoms with E-state index in [0.29, 0.717) is 17.0 Å². The first kappa shape index (κ1) is 28.9. The standard InChI is InChI=1S/C24H30Cl2FN3O4S/c1-5-16(3)28-24(32)22(6-2)29(14-17-10-11-20(25)21(26)12-17)23(31)15-30(35(4,33)34)19-9-7-8-18(27)13-19/h7-13,16,22H,5-6,14-15H2,1-4H3,(H,28,32)/t16-,22-/m0/s1. The van der Waals surface area contributed by atoms with Crippen LogP contribution < -0.4 is 9.62 Å². The minimum Gasteiger partial charge on any atom is -0.352 e. The molecule has 2 rings (SSSR count). The Balaban J connectivity index is 2.46. The van der Waals surface area contributed by atoms with Crippen LogP contribution in [0.1, 0.15) is 39.2 Å². The van der Waals surface area contributed by atoms with Crippen LogP contribution in [0, 0.1) is 5.82 Å². The van der Waals surface area contributed by atoms with Gasteiger partial charge < -0.3 is 10.2 Å². The molecule has 0 aliphatic carbocycles. The van der Waals surface area contributed by atoms with Crippen molar-refractivity contribution in [3.63, 3.8) is 0 Å². The topological polar surface area (TPSA) is 86.8 Å². The van der Waals surface area contributed by atoms with Gasteiger partial charge in [-0.1, -0.05) is 49.2 Å². The fourth-order valence-corrected chi connectivity index (χ4v) is 4.60. The number of halogens is 3. The van der Waals surface area contributed by atoms with E-state index >= 15 is 0 Å². The Kier molecular flexibility index (Phi) is 10.4. The van der Waals surface area contributed by atoms with Gasteiger partial charge in [-0.2, -0.15) is 0 Å². The summed E-state index contributed by atoms with van der Waals surface area (Å²) in [4.78, 5) is 27.9. The lowest BCUT2D eigenvalue weighted by atomic mass is 10.1. The number of hydrogen-bond donors (Lipinski definition) is 1. The number of benzene rings is 2. The lowest BCUT2D eigenvalue weighted by Crippen LogP contribution is -2.53. The molecular formula is C24H30Cl2FN3O4S. The predicted octanol–water partition coefficient (Wildman–Crippen LogP) is 4.62. The fraction of sp³-hybridized carbons (Fsp3) is 0.417. The summed E-state index contributed by atoms with van der Waals surface area (Å²) in [5.41, 5.74) is 0.617. The van der Waals surface area contributed by atoms with Crippen LogP contribution in [0.3, 0.4) is 0 Å².